The lowest BCUT2D eigenvalue weighted by Crippen LogP contribution is -2.46. The van der Waals surface area contributed by atoms with E-state index in [9.17, 15) is 13.5 Å². The third-order valence-corrected chi connectivity index (χ3v) is 4.91. The molecule has 1 aliphatic rings. The summed E-state index contributed by atoms with van der Waals surface area (Å²) in [5.74, 6) is 0.204. The molecule has 118 valence electrons. The minimum atomic E-state index is -3.82. The first-order valence-electron chi connectivity index (χ1n) is 6.60. The molecule has 0 atom stereocenters. The van der Waals surface area contributed by atoms with Crippen LogP contribution in [0.2, 0.25) is 0 Å². The van der Waals surface area contributed by atoms with Gasteiger partial charge < -0.3 is 20.3 Å². The highest BCUT2D eigenvalue weighted by molar-refractivity contribution is 7.89. The average molecular weight is 316 g/mol. The summed E-state index contributed by atoms with van der Waals surface area (Å²) in [6, 6.07) is 4.38. The van der Waals surface area contributed by atoms with Crippen molar-refractivity contribution in [2.45, 2.75) is 23.3 Å². The number of nitrogen functional groups attached to an aromatic ring is 1. The van der Waals surface area contributed by atoms with E-state index in [2.05, 4.69) is 4.72 Å². The molecule has 1 saturated heterocycles. The third-order valence-electron chi connectivity index (χ3n) is 3.49. The lowest BCUT2D eigenvalue weighted by Gasteiger charge is -2.32. The predicted molar refractivity (Wildman–Crippen MR) is 77.6 cm³/mol. The quantitative estimate of drug-likeness (QED) is 0.664. The molecule has 0 spiro atoms. The number of ether oxygens (including phenoxy) is 2. The van der Waals surface area contributed by atoms with Crippen LogP contribution in [-0.4, -0.2) is 46.0 Å². The van der Waals surface area contributed by atoms with Crippen molar-refractivity contribution in [3.63, 3.8) is 0 Å². The minimum Gasteiger partial charge on any atom is -0.495 e. The summed E-state index contributed by atoms with van der Waals surface area (Å²) in [6.07, 6.45) is 0.785. The second-order valence-corrected chi connectivity index (χ2v) is 6.81. The third kappa shape index (κ3) is 3.85. The molecular weight excluding hydrogens is 296 g/mol. The van der Waals surface area contributed by atoms with E-state index in [1.165, 1.54) is 19.2 Å². The molecule has 0 unspecified atom stereocenters. The lowest BCUT2D eigenvalue weighted by atomic mass is 9.95. The highest BCUT2D eigenvalue weighted by Gasteiger charge is 2.32. The first-order valence-corrected chi connectivity index (χ1v) is 8.08. The molecule has 1 aromatic rings. The normalized spacial score (nSPS) is 18.4. The second kappa shape index (κ2) is 6.18. The van der Waals surface area contributed by atoms with Gasteiger partial charge in [0.1, 0.15) is 10.6 Å². The van der Waals surface area contributed by atoms with Crippen LogP contribution in [0, 0.1) is 0 Å². The molecule has 0 bridgehead atoms. The molecule has 0 amide bonds. The molecule has 0 aromatic heterocycles. The van der Waals surface area contributed by atoms with Gasteiger partial charge >= 0.3 is 0 Å². The van der Waals surface area contributed by atoms with Crippen LogP contribution in [0.3, 0.4) is 0 Å². The van der Waals surface area contributed by atoms with E-state index >= 15 is 0 Å². The Balaban J connectivity index is 2.17. The molecule has 0 radical (unpaired) electrons. The summed E-state index contributed by atoms with van der Waals surface area (Å²) < 4.78 is 37.3. The van der Waals surface area contributed by atoms with Crippen LogP contribution >= 0.6 is 0 Å². The van der Waals surface area contributed by atoms with Gasteiger partial charge in [0, 0.05) is 38.3 Å². The fourth-order valence-corrected chi connectivity index (χ4v) is 3.46. The number of hydrogen-bond donors (Lipinski definition) is 3. The zero-order chi connectivity index (χ0) is 15.5. The first-order chi connectivity index (χ1) is 9.86. The van der Waals surface area contributed by atoms with Crippen LogP contribution in [-0.2, 0) is 14.8 Å². The zero-order valence-electron chi connectivity index (χ0n) is 11.8. The number of anilines is 1. The largest absolute Gasteiger partial charge is 0.495 e. The number of nitrogens with two attached hydrogens (primary N) is 1. The van der Waals surface area contributed by atoms with Gasteiger partial charge in [-0.05, 0) is 18.2 Å². The number of rotatable bonds is 5. The van der Waals surface area contributed by atoms with E-state index < -0.39 is 15.6 Å². The van der Waals surface area contributed by atoms with Crippen molar-refractivity contribution >= 4 is 15.7 Å². The number of sulfonamides is 1. The van der Waals surface area contributed by atoms with Gasteiger partial charge in [-0.25, -0.2) is 13.1 Å². The molecule has 21 heavy (non-hydrogen) atoms. The number of hydrogen-bond acceptors (Lipinski definition) is 6. The van der Waals surface area contributed by atoms with Crippen molar-refractivity contribution in [1.82, 2.24) is 4.72 Å². The van der Waals surface area contributed by atoms with E-state index in [1.807, 2.05) is 0 Å². The molecule has 4 N–H and O–H groups in total. The molecule has 0 aliphatic carbocycles. The molecule has 7 nitrogen and oxygen atoms in total. The van der Waals surface area contributed by atoms with E-state index in [0.29, 0.717) is 31.7 Å². The van der Waals surface area contributed by atoms with E-state index in [4.69, 9.17) is 15.2 Å². The van der Waals surface area contributed by atoms with Gasteiger partial charge in [-0.2, -0.15) is 0 Å². The van der Waals surface area contributed by atoms with E-state index in [0.717, 1.165) is 0 Å². The minimum absolute atomic E-state index is 0.0411. The molecule has 1 heterocycles. The van der Waals surface area contributed by atoms with Crippen molar-refractivity contribution in [2.75, 3.05) is 32.6 Å². The monoisotopic (exact) mass is 316 g/mol. The van der Waals surface area contributed by atoms with Gasteiger partial charge in [0.15, 0.2) is 0 Å². The fourth-order valence-electron chi connectivity index (χ4n) is 2.14. The van der Waals surface area contributed by atoms with Crippen molar-refractivity contribution < 1.29 is 23.0 Å². The summed E-state index contributed by atoms with van der Waals surface area (Å²) in [5.41, 5.74) is 4.87. The predicted octanol–water partition coefficient (Wildman–Crippen LogP) is 0.0972. The Morgan fingerprint density at radius 3 is 2.71 bits per heavy atom. The maximum Gasteiger partial charge on any atom is 0.244 e. The Hall–Kier alpha value is -1.35. The van der Waals surface area contributed by atoms with Crippen LogP contribution in [0.5, 0.6) is 5.75 Å². The Kier molecular flexibility index (Phi) is 4.72. The smallest absolute Gasteiger partial charge is 0.244 e. The van der Waals surface area contributed by atoms with Crippen molar-refractivity contribution in [2.24, 2.45) is 0 Å². The molecule has 2 rings (SSSR count). The van der Waals surface area contributed by atoms with Gasteiger partial charge in [0.05, 0.1) is 12.7 Å². The first kappa shape index (κ1) is 16.0. The Bertz CT molecular complexity index is 597. The van der Waals surface area contributed by atoms with E-state index in [-0.39, 0.29) is 17.2 Å². The molecular formula is C13H20N2O5S. The van der Waals surface area contributed by atoms with Crippen LogP contribution in [0.25, 0.3) is 0 Å². The standard InChI is InChI=1S/C13H20N2O5S/c1-19-11-3-2-10(14)8-12(11)21(17,18)15-9-13(16)4-6-20-7-5-13/h2-3,8,15-16H,4-7,9,14H2,1H3. The van der Waals surface area contributed by atoms with Gasteiger partial charge in [0.2, 0.25) is 10.0 Å². The van der Waals surface area contributed by atoms with Gasteiger partial charge in [0.25, 0.3) is 0 Å². The summed E-state index contributed by atoms with van der Waals surface area (Å²) >= 11 is 0. The Labute approximate surface area is 124 Å². The number of aliphatic hydroxyl groups is 1. The number of methoxy groups -OCH3 is 1. The van der Waals surface area contributed by atoms with Crippen LogP contribution < -0.4 is 15.2 Å². The van der Waals surface area contributed by atoms with E-state index in [1.54, 1.807) is 6.07 Å². The summed E-state index contributed by atoms with van der Waals surface area (Å²) in [5, 5.41) is 10.3. The molecule has 1 aliphatic heterocycles. The van der Waals surface area contributed by atoms with Gasteiger partial charge in [-0.15, -0.1) is 0 Å². The van der Waals surface area contributed by atoms with Crippen LogP contribution in [0.1, 0.15) is 12.8 Å². The molecule has 1 fully saturated rings. The highest BCUT2D eigenvalue weighted by atomic mass is 32.2. The SMILES string of the molecule is COc1ccc(N)cc1S(=O)(=O)NCC1(O)CCOCC1. The maximum atomic E-state index is 12.4. The van der Waals surface area contributed by atoms with Gasteiger partial charge in [-0.1, -0.05) is 0 Å². The highest BCUT2D eigenvalue weighted by Crippen LogP contribution is 2.26. The zero-order valence-corrected chi connectivity index (χ0v) is 12.6. The molecule has 0 saturated carbocycles. The van der Waals surface area contributed by atoms with Crippen LogP contribution in [0.4, 0.5) is 5.69 Å². The van der Waals surface area contributed by atoms with Crippen molar-refractivity contribution in [3.8, 4) is 5.75 Å². The molecule has 1 aromatic carbocycles. The number of benzene rings is 1. The summed E-state index contributed by atoms with van der Waals surface area (Å²) in [6.45, 7) is 0.760. The lowest BCUT2D eigenvalue weighted by molar-refractivity contribution is -0.0588. The maximum absolute atomic E-state index is 12.4. The summed E-state index contributed by atoms with van der Waals surface area (Å²) in [7, 11) is -2.43. The summed E-state index contributed by atoms with van der Waals surface area (Å²) in [4.78, 5) is -0.0411. The van der Waals surface area contributed by atoms with Crippen molar-refractivity contribution in [3.05, 3.63) is 18.2 Å². The number of nitrogens with one attached hydrogen (secondary N) is 1. The molecule has 8 heteroatoms. The Morgan fingerprint density at radius 1 is 1.43 bits per heavy atom. The Morgan fingerprint density at radius 2 is 2.10 bits per heavy atom. The fraction of sp³-hybridized carbons (Fsp3) is 0.538. The average Bonchev–Trinajstić information content (AvgIpc) is 2.46. The van der Waals surface area contributed by atoms with Crippen LogP contribution in [0.15, 0.2) is 23.1 Å². The van der Waals surface area contributed by atoms with Crippen molar-refractivity contribution in [1.29, 1.82) is 0 Å². The second-order valence-electron chi connectivity index (χ2n) is 5.07. The van der Waals surface area contributed by atoms with Gasteiger partial charge in [-0.3, -0.25) is 0 Å². The topological polar surface area (TPSA) is 111 Å².